The van der Waals surface area contributed by atoms with Crippen molar-refractivity contribution in [2.75, 3.05) is 10.0 Å². The lowest BCUT2D eigenvalue weighted by Gasteiger charge is -2.12. The number of hydrogen-bond acceptors (Lipinski definition) is 6. The zero-order chi connectivity index (χ0) is 27.7. The second-order valence-electron chi connectivity index (χ2n) is 8.88. The fraction of sp³-hybridized carbons (Fsp3) is 0. The lowest BCUT2D eigenvalue weighted by Crippen LogP contribution is -2.15. The fourth-order valence-corrected chi connectivity index (χ4v) is 5.51. The molecule has 40 heavy (non-hydrogen) atoms. The Labute approximate surface area is 234 Å². The molecule has 0 saturated carbocycles. The average molecular weight is 566 g/mol. The van der Waals surface area contributed by atoms with Crippen LogP contribution in [-0.4, -0.2) is 29.3 Å². The molecule has 0 bridgehead atoms. The van der Waals surface area contributed by atoms with Crippen molar-refractivity contribution < 1.29 is 13.2 Å². The largest absolute Gasteiger partial charge is 0.322 e. The predicted molar refractivity (Wildman–Crippen MR) is 157 cm³/mol. The molecule has 2 aromatic heterocycles. The average Bonchev–Trinajstić information content (AvgIpc) is 2.97. The van der Waals surface area contributed by atoms with Gasteiger partial charge in [0.05, 0.1) is 38.9 Å². The molecule has 0 radical (unpaired) electrons. The van der Waals surface area contributed by atoms with E-state index in [9.17, 15) is 13.2 Å². The summed E-state index contributed by atoms with van der Waals surface area (Å²) < 4.78 is 28.4. The Hall–Kier alpha value is -4.86. The number of pyridine rings is 1. The predicted octanol–water partition coefficient (Wildman–Crippen LogP) is 6.55. The molecule has 2 heterocycles. The van der Waals surface area contributed by atoms with Gasteiger partial charge in [0.2, 0.25) is 0 Å². The van der Waals surface area contributed by atoms with E-state index in [-0.39, 0.29) is 16.6 Å². The highest BCUT2D eigenvalue weighted by Crippen LogP contribution is 2.30. The maximum Gasteiger partial charge on any atom is 0.263 e. The summed E-state index contributed by atoms with van der Waals surface area (Å²) in [6.45, 7) is 0. The van der Waals surface area contributed by atoms with Crippen LogP contribution in [0, 0.1) is 0 Å². The smallest absolute Gasteiger partial charge is 0.263 e. The minimum absolute atomic E-state index is 0.0100. The summed E-state index contributed by atoms with van der Waals surface area (Å²) in [6, 6.07) is 29.4. The van der Waals surface area contributed by atoms with Gasteiger partial charge in [-0.25, -0.2) is 18.4 Å². The minimum Gasteiger partial charge on any atom is -0.322 e. The van der Waals surface area contributed by atoms with Crippen molar-refractivity contribution in [1.82, 2.24) is 15.0 Å². The number of carbonyl (C=O) groups excluding carboxylic acids is 1. The van der Waals surface area contributed by atoms with Gasteiger partial charge in [-0.05, 0) is 54.6 Å². The van der Waals surface area contributed by atoms with Crippen molar-refractivity contribution in [3.8, 4) is 11.3 Å². The Bertz CT molecular complexity index is 2010. The topological polar surface area (TPSA) is 114 Å². The van der Waals surface area contributed by atoms with Crippen LogP contribution in [0.3, 0.4) is 0 Å². The van der Waals surface area contributed by atoms with Gasteiger partial charge in [-0.2, -0.15) is 0 Å². The third-order valence-electron chi connectivity index (χ3n) is 6.22. The molecule has 4 aromatic carbocycles. The van der Waals surface area contributed by atoms with Gasteiger partial charge in [0.15, 0.2) is 5.82 Å². The second kappa shape index (κ2) is 10.4. The van der Waals surface area contributed by atoms with E-state index >= 15 is 0 Å². The first-order valence-electron chi connectivity index (χ1n) is 12.2. The summed E-state index contributed by atoms with van der Waals surface area (Å²) in [5, 5.41) is 4.06. The Morgan fingerprint density at radius 3 is 2.20 bits per heavy atom. The number of amides is 1. The second-order valence-corrected chi connectivity index (χ2v) is 11.0. The third-order valence-corrected chi connectivity index (χ3v) is 7.92. The first-order valence-corrected chi connectivity index (χ1v) is 14.0. The molecular formula is C30H20ClN5O3S. The van der Waals surface area contributed by atoms with E-state index in [1.54, 1.807) is 30.3 Å². The van der Waals surface area contributed by atoms with Gasteiger partial charge in [-0.15, -0.1) is 0 Å². The summed E-state index contributed by atoms with van der Waals surface area (Å²) in [5.41, 5.74) is 3.99. The molecule has 0 unspecified atom stereocenters. The first kappa shape index (κ1) is 25.4. The molecular weight excluding hydrogens is 546 g/mol. The van der Waals surface area contributed by atoms with Crippen LogP contribution in [0.4, 0.5) is 11.5 Å². The fourth-order valence-electron chi connectivity index (χ4n) is 4.29. The highest BCUT2D eigenvalue weighted by molar-refractivity contribution is 7.92. The summed E-state index contributed by atoms with van der Waals surface area (Å²) in [6.07, 6.45) is 1.37. The molecule has 0 atom stereocenters. The molecule has 0 aliphatic carbocycles. The Morgan fingerprint density at radius 2 is 1.43 bits per heavy atom. The van der Waals surface area contributed by atoms with Crippen LogP contribution < -0.4 is 10.0 Å². The van der Waals surface area contributed by atoms with Gasteiger partial charge in [0.25, 0.3) is 15.9 Å². The van der Waals surface area contributed by atoms with Crippen molar-refractivity contribution in [1.29, 1.82) is 0 Å². The number of halogens is 1. The lowest BCUT2D eigenvalue weighted by atomic mass is 10.0. The standard InChI is InChI=1S/C30H20ClN5O3S/c31-24-9-3-1-8-22(24)28-17-23(21-7-2-4-10-25(21)34-28)30(37)33-19-13-15-20(16-14-19)40(38,39)36-29-18-32-26-11-5-6-12-27(26)35-29/h1-18H,(H,33,37)(H,35,36). The number of nitrogens with one attached hydrogen (secondary N) is 2. The number of rotatable bonds is 6. The van der Waals surface area contributed by atoms with Crippen LogP contribution in [0.2, 0.25) is 5.02 Å². The molecule has 0 spiro atoms. The molecule has 0 aliphatic heterocycles. The maximum atomic E-state index is 13.4. The number of nitrogens with zero attached hydrogens (tertiary/aromatic N) is 3. The molecule has 0 aliphatic rings. The highest BCUT2D eigenvalue weighted by Gasteiger charge is 2.18. The van der Waals surface area contributed by atoms with Crippen LogP contribution in [-0.2, 0) is 10.0 Å². The quantitative estimate of drug-likeness (QED) is 0.237. The zero-order valence-corrected chi connectivity index (χ0v) is 22.3. The third kappa shape index (κ3) is 5.07. The van der Waals surface area contributed by atoms with E-state index < -0.39 is 10.0 Å². The van der Waals surface area contributed by atoms with Gasteiger partial charge in [0, 0.05) is 21.7 Å². The molecule has 6 rings (SSSR count). The van der Waals surface area contributed by atoms with Gasteiger partial charge in [-0.3, -0.25) is 14.5 Å². The molecule has 0 fully saturated rings. The maximum absolute atomic E-state index is 13.4. The Kier molecular flexibility index (Phi) is 6.59. The highest BCUT2D eigenvalue weighted by atomic mass is 35.5. The number of benzene rings is 4. The summed E-state index contributed by atoms with van der Waals surface area (Å²) in [5.74, 6) is -0.262. The van der Waals surface area contributed by atoms with Gasteiger partial charge in [-0.1, -0.05) is 60.1 Å². The summed E-state index contributed by atoms with van der Waals surface area (Å²) in [7, 11) is -3.93. The van der Waals surface area contributed by atoms with E-state index in [2.05, 4.69) is 20.0 Å². The van der Waals surface area contributed by atoms with Crippen molar-refractivity contribution in [2.24, 2.45) is 0 Å². The molecule has 2 N–H and O–H groups in total. The number of hydrogen-bond donors (Lipinski definition) is 2. The van der Waals surface area contributed by atoms with Gasteiger partial charge >= 0.3 is 0 Å². The lowest BCUT2D eigenvalue weighted by molar-refractivity contribution is 0.102. The van der Waals surface area contributed by atoms with Crippen LogP contribution in [0.5, 0.6) is 0 Å². The van der Waals surface area contributed by atoms with Crippen molar-refractivity contribution in [3.63, 3.8) is 0 Å². The normalized spacial score (nSPS) is 11.4. The number of carbonyl (C=O) groups is 1. The number of fused-ring (bicyclic) bond motifs is 2. The monoisotopic (exact) mass is 565 g/mol. The van der Waals surface area contributed by atoms with Crippen LogP contribution >= 0.6 is 11.6 Å². The SMILES string of the molecule is O=C(Nc1ccc(S(=O)(=O)Nc2cnc3ccccc3n2)cc1)c1cc(-c2ccccc2Cl)nc2ccccc12. The summed E-state index contributed by atoms with van der Waals surface area (Å²) in [4.78, 5) is 26.7. The molecule has 1 amide bonds. The summed E-state index contributed by atoms with van der Waals surface area (Å²) >= 11 is 6.40. The van der Waals surface area contributed by atoms with E-state index in [0.717, 1.165) is 0 Å². The van der Waals surface area contributed by atoms with Crippen molar-refractivity contribution in [2.45, 2.75) is 4.90 Å². The Morgan fingerprint density at radius 1 is 0.750 bits per heavy atom. The van der Waals surface area contributed by atoms with Crippen LogP contribution in [0.1, 0.15) is 10.4 Å². The Balaban J connectivity index is 1.25. The number of para-hydroxylation sites is 3. The van der Waals surface area contributed by atoms with Crippen LogP contribution in [0.15, 0.2) is 114 Å². The molecule has 6 aromatic rings. The molecule has 196 valence electrons. The molecule has 8 nitrogen and oxygen atoms in total. The van der Waals surface area contributed by atoms with Crippen molar-refractivity contribution >= 4 is 61.0 Å². The van der Waals surface area contributed by atoms with E-state index in [1.165, 1.54) is 30.5 Å². The molecule has 0 saturated heterocycles. The minimum atomic E-state index is -3.93. The number of aromatic nitrogens is 3. The number of anilines is 2. The van der Waals surface area contributed by atoms with Gasteiger partial charge < -0.3 is 5.32 Å². The van der Waals surface area contributed by atoms with E-state index in [1.807, 2.05) is 48.5 Å². The first-order chi connectivity index (χ1) is 19.4. The van der Waals surface area contributed by atoms with E-state index in [4.69, 9.17) is 16.6 Å². The van der Waals surface area contributed by atoms with Crippen molar-refractivity contribution in [3.05, 3.63) is 120 Å². The van der Waals surface area contributed by atoms with E-state index in [0.29, 0.717) is 49.5 Å². The zero-order valence-electron chi connectivity index (χ0n) is 20.7. The van der Waals surface area contributed by atoms with Crippen LogP contribution in [0.25, 0.3) is 33.2 Å². The number of sulfonamides is 1. The molecule has 10 heteroatoms. The van der Waals surface area contributed by atoms with Gasteiger partial charge in [0.1, 0.15) is 0 Å².